The molecule has 0 aliphatic heterocycles. The number of nitrogens with one attached hydrogen (secondary N) is 2. The largest absolute Gasteiger partial charge is 0.357 e. The van der Waals surface area contributed by atoms with E-state index in [0.29, 0.717) is 23.6 Å². The average Bonchev–Trinajstić information content (AvgIpc) is 3.05. The summed E-state index contributed by atoms with van der Waals surface area (Å²) in [4.78, 5) is 5.57. The fourth-order valence-electron chi connectivity index (χ4n) is 1.86. The van der Waals surface area contributed by atoms with E-state index >= 15 is 0 Å². The summed E-state index contributed by atoms with van der Waals surface area (Å²) in [5.41, 5.74) is 0.843. The van der Waals surface area contributed by atoms with Gasteiger partial charge in [-0.3, -0.25) is 0 Å². The summed E-state index contributed by atoms with van der Waals surface area (Å²) in [6, 6.07) is 10.3. The van der Waals surface area contributed by atoms with Gasteiger partial charge in [0.15, 0.2) is 5.96 Å². The van der Waals surface area contributed by atoms with Crippen LogP contribution in [0.3, 0.4) is 0 Å². The maximum atomic E-state index is 13.7. The number of hydrogen-bond donors (Lipinski definition) is 2. The minimum absolute atomic E-state index is 0. The molecule has 0 radical (unpaired) electrons. The fraction of sp³-hybridized carbons (Fsp3) is 0.250. The third kappa shape index (κ3) is 6.15. The van der Waals surface area contributed by atoms with E-state index in [-0.39, 0.29) is 36.3 Å². The maximum absolute atomic E-state index is 13.7. The molecule has 0 saturated heterocycles. The van der Waals surface area contributed by atoms with Gasteiger partial charge in [0.2, 0.25) is 0 Å². The number of thiophene rings is 1. The Kier molecular flexibility index (Phi) is 8.58. The number of benzene rings is 1. The molecule has 0 atom stereocenters. The average molecular weight is 444 g/mol. The minimum atomic E-state index is -0.350. The van der Waals surface area contributed by atoms with Crippen LogP contribution in [0.1, 0.15) is 22.9 Å². The van der Waals surface area contributed by atoms with Gasteiger partial charge in [-0.05, 0) is 36.6 Å². The quantitative estimate of drug-likeness (QED) is 0.421. The molecule has 0 saturated carbocycles. The Balaban J connectivity index is 0.00000264. The Morgan fingerprint density at radius 3 is 2.83 bits per heavy atom. The van der Waals surface area contributed by atoms with Crippen molar-refractivity contribution in [2.75, 3.05) is 6.54 Å². The lowest BCUT2D eigenvalue weighted by Gasteiger charge is -2.10. The van der Waals surface area contributed by atoms with Crippen LogP contribution in [0.4, 0.5) is 4.39 Å². The summed E-state index contributed by atoms with van der Waals surface area (Å²) in [7, 11) is 0. The van der Waals surface area contributed by atoms with Crippen LogP contribution >= 0.6 is 35.3 Å². The first-order valence-corrected chi connectivity index (χ1v) is 7.84. The summed E-state index contributed by atoms with van der Waals surface area (Å²) in [6.07, 6.45) is 0. The van der Waals surface area contributed by atoms with Crippen LogP contribution in [0.2, 0.25) is 0 Å². The monoisotopic (exact) mass is 444 g/mol. The summed E-state index contributed by atoms with van der Waals surface area (Å²) >= 11 is 1.66. The van der Waals surface area contributed by atoms with Crippen LogP contribution in [0.5, 0.6) is 0 Å². The van der Waals surface area contributed by atoms with Gasteiger partial charge in [0.1, 0.15) is 5.82 Å². The minimum Gasteiger partial charge on any atom is -0.357 e. The first-order chi connectivity index (χ1) is 10.7. The molecule has 0 fully saturated rings. The molecular weight excluding hydrogens is 426 g/mol. The van der Waals surface area contributed by atoms with Crippen molar-refractivity contribution in [1.82, 2.24) is 10.6 Å². The van der Waals surface area contributed by atoms with Crippen molar-refractivity contribution in [3.05, 3.63) is 57.5 Å². The van der Waals surface area contributed by atoms with Crippen molar-refractivity contribution in [1.29, 1.82) is 5.26 Å². The molecule has 7 heteroatoms. The summed E-state index contributed by atoms with van der Waals surface area (Å²) in [5, 5.41) is 17.2. The maximum Gasteiger partial charge on any atom is 0.191 e. The third-order valence-electron chi connectivity index (χ3n) is 2.94. The summed E-state index contributed by atoms with van der Waals surface area (Å²) < 4.78 is 13.7. The van der Waals surface area contributed by atoms with Gasteiger partial charge in [-0.1, -0.05) is 6.07 Å². The first kappa shape index (κ1) is 19.4. The Hall–Kier alpha value is -1.66. The molecule has 0 unspecified atom stereocenters. The molecule has 0 spiro atoms. The normalized spacial score (nSPS) is 10.6. The molecule has 4 nitrogen and oxygen atoms in total. The Morgan fingerprint density at radius 1 is 1.35 bits per heavy atom. The number of rotatable bonds is 5. The standard InChI is InChI=1S/C16H17FN4S.HI/c1-2-19-16(21-11-14-4-3-7-22-14)20-10-13-8-12(9-18)5-6-15(13)17;/h3-8H,2,10-11H2,1H3,(H2,19,20,21);1H. The lowest BCUT2D eigenvalue weighted by atomic mass is 10.1. The van der Waals surface area contributed by atoms with Gasteiger partial charge < -0.3 is 10.6 Å². The van der Waals surface area contributed by atoms with E-state index < -0.39 is 0 Å². The molecule has 1 aromatic carbocycles. The van der Waals surface area contributed by atoms with E-state index in [1.54, 1.807) is 11.3 Å². The molecule has 2 aromatic rings. The zero-order valence-corrected chi connectivity index (χ0v) is 15.8. The molecule has 1 aromatic heterocycles. The predicted octanol–water partition coefficient (Wildman–Crippen LogP) is 3.63. The van der Waals surface area contributed by atoms with Gasteiger partial charge in [-0.2, -0.15) is 5.26 Å². The van der Waals surface area contributed by atoms with Crippen LogP contribution in [0.15, 0.2) is 40.7 Å². The number of hydrogen-bond acceptors (Lipinski definition) is 3. The second kappa shape index (κ2) is 10.2. The van der Waals surface area contributed by atoms with Gasteiger partial charge in [-0.15, -0.1) is 35.3 Å². The number of nitriles is 1. The molecule has 0 aliphatic rings. The van der Waals surface area contributed by atoms with E-state index in [4.69, 9.17) is 5.26 Å². The van der Waals surface area contributed by atoms with Crippen LogP contribution in [0.25, 0.3) is 0 Å². The van der Waals surface area contributed by atoms with E-state index in [0.717, 1.165) is 6.54 Å². The lowest BCUT2D eigenvalue weighted by molar-refractivity contribution is 0.610. The summed E-state index contributed by atoms with van der Waals surface area (Å²) in [5.74, 6) is 0.273. The molecule has 2 rings (SSSR count). The highest BCUT2D eigenvalue weighted by Gasteiger charge is 2.04. The predicted molar refractivity (Wildman–Crippen MR) is 103 cm³/mol. The highest BCUT2D eigenvalue weighted by Crippen LogP contribution is 2.11. The van der Waals surface area contributed by atoms with Crippen LogP contribution in [-0.2, 0) is 13.1 Å². The highest BCUT2D eigenvalue weighted by molar-refractivity contribution is 14.0. The first-order valence-electron chi connectivity index (χ1n) is 6.96. The van der Waals surface area contributed by atoms with Gasteiger partial charge in [0.25, 0.3) is 0 Å². The number of guanidine groups is 1. The molecule has 2 N–H and O–H groups in total. The molecule has 0 amide bonds. The topological polar surface area (TPSA) is 60.2 Å². The molecular formula is C16H18FIN4S. The van der Waals surface area contributed by atoms with Crippen LogP contribution in [0, 0.1) is 17.1 Å². The zero-order valence-electron chi connectivity index (χ0n) is 12.7. The second-order valence-corrected chi connectivity index (χ2v) is 5.58. The highest BCUT2D eigenvalue weighted by atomic mass is 127. The van der Waals surface area contributed by atoms with Gasteiger partial charge in [-0.25, -0.2) is 9.38 Å². The molecule has 23 heavy (non-hydrogen) atoms. The zero-order chi connectivity index (χ0) is 15.8. The van der Waals surface area contributed by atoms with Gasteiger partial charge >= 0.3 is 0 Å². The molecule has 122 valence electrons. The smallest absolute Gasteiger partial charge is 0.191 e. The van der Waals surface area contributed by atoms with Crippen molar-refractivity contribution in [3.8, 4) is 6.07 Å². The van der Waals surface area contributed by atoms with Crippen LogP contribution < -0.4 is 10.6 Å². The second-order valence-electron chi connectivity index (χ2n) is 4.55. The third-order valence-corrected chi connectivity index (χ3v) is 3.81. The van der Waals surface area contributed by atoms with Gasteiger partial charge in [0.05, 0.1) is 24.7 Å². The summed E-state index contributed by atoms with van der Waals surface area (Å²) in [6.45, 7) is 3.54. The van der Waals surface area contributed by atoms with E-state index in [9.17, 15) is 4.39 Å². The Morgan fingerprint density at radius 2 is 2.17 bits per heavy atom. The van der Waals surface area contributed by atoms with Gasteiger partial charge in [0, 0.05) is 17.0 Å². The van der Waals surface area contributed by atoms with Crippen LogP contribution in [-0.4, -0.2) is 12.5 Å². The van der Waals surface area contributed by atoms with Crippen molar-refractivity contribution in [2.24, 2.45) is 4.99 Å². The van der Waals surface area contributed by atoms with Crippen molar-refractivity contribution in [2.45, 2.75) is 20.0 Å². The lowest BCUT2D eigenvalue weighted by Crippen LogP contribution is -2.36. The molecule has 1 heterocycles. The van der Waals surface area contributed by atoms with Crippen molar-refractivity contribution in [3.63, 3.8) is 0 Å². The SMILES string of the molecule is CCNC(=NCc1cc(C#N)ccc1F)NCc1cccs1.I. The number of aliphatic imine (C=N–C) groups is 1. The number of halogens is 2. The molecule has 0 bridgehead atoms. The van der Waals surface area contributed by atoms with E-state index in [1.807, 2.05) is 30.5 Å². The Labute approximate surface area is 156 Å². The van der Waals surface area contributed by atoms with E-state index in [1.165, 1.54) is 23.1 Å². The van der Waals surface area contributed by atoms with Crippen molar-refractivity contribution >= 4 is 41.3 Å². The molecule has 0 aliphatic carbocycles. The van der Waals surface area contributed by atoms with E-state index in [2.05, 4.69) is 15.6 Å². The fourth-order valence-corrected chi connectivity index (χ4v) is 2.50. The Bertz CT molecular complexity index is 680. The van der Waals surface area contributed by atoms with Crippen molar-refractivity contribution < 1.29 is 4.39 Å². The number of nitrogens with zero attached hydrogens (tertiary/aromatic N) is 2.